The molecule has 12 aromatic rings. The maximum Gasteiger partial charge on any atom is 0.164 e. The van der Waals surface area contributed by atoms with Crippen molar-refractivity contribution in [3.05, 3.63) is 206 Å². The first kappa shape index (κ1) is 33.1. The van der Waals surface area contributed by atoms with Crippen molar-refractivity contribution >= 4 is 54.5 Å². The minimum atomic E-state index is 0.600. The average Bonchev–Trinajstić information content (AvgIpc) is 4.00. The maximum absolute atomic E-state index is 5.24. The van der Waals surface area contributed by atoms with E-state index in [0.717, 1.165) is 61.3 Å². The first-order chi connectivity index (χ1) is 29.3. The molecule has 0 aliphatic carbocycles. The Morgan fingerprint density at radius 2 is 0.746 bits per heavy atom. The minimum absolute atomic E-state index is 0.600. The molecule has 0 radical (unpaired) electrons. The zero-order valence-electron chi connectivity index (χ0n) is 31.8. The molecule has 4 aromatic heterocycles. The molecule has 0 fully saturated rings. The second-order valence-corrected chi connectivity index (χ2v) is 14.9. The number of hydrogen-bond acceptors (Lipinski definition) is 3. The predicted octanol–water partition coefficient (Wildman–Crippen LogP) is 13.0. The van der Waals surface area contributed by atoms with E-state index in [0.29, 0.717) is 17.5 Å². The Hall–Kier alpha value is -8.09. The second kappa shape index (κ2) is 13.3. The largest absolute Gasteiger partial charge is 0.316 e. The van der Waals surface area contributed by atoms with Crippen LogP contribution in [-0.2, 0) is 0 Å². The van der Waals surface area contributed by atoms with Gasteiger partial charge in [0.2, 0.25) is 0 Å². The fourth-order valence-corrected chi connectivity index (χ4v) is 8.88. The van der Waals surface area contributed by atoms with Gasteiger partial charge in [0, 0.05) is 66.9 Å². The lowest BCUT2D eigenvalue weighted by Crippen LogP contribution is -2.03. The number of benzene rings is 8. The molecule has 0 spiro atoms. The SMILES string of the molecule is c1ccc(-c2nc(-c3ccccc3)nc(-c3cc(-n4c5ccccc5c5ccccc54)cc(-n4c5ccccc5c5ccc6c(ccn6-c6ccccc6)c54)c3)n2)cc1. The molecule has 4 heterocycles. The van der Waals surface area contributed by atoms with Gasteiger partial charge in [-0.3, -0.25) is 0 Å². The summed E-state index contributed by atoms with van der Waals surface area (Å²) in [5.74, 6) is 1.85. The van der Waals surface area contributed by atoms with Crippen molar-refractivity contribution in [2.24, 2.45) is 0 Å². The molecule has 0 aliphatic heterocycles. The van der Waals surface area contributed by atoms with Crippen LogP contribution in [0.15, 0.2) is 206 Å². The van der Waals surface area contributed by atoms with E-state index in [2.05, 4.69) is 184 Å². The van der Waals surface area contributed by atoms with Gasteiger partial charge in [0.15, 0.2) is 17.5 Å². The van der Waals surface area contributed by atoms with Crippen molar-refractivity contribution in [2.75, 3.05) is 0 Å². The van der Waals surface area contributed by atoms with Crippen LogP contribution in [0.5, 0.6) is 0 Å². The Labute approximate surface area is 339 Å². The van der Waals surface area contributed by atoms with E-state index in [1.807, 2.05) is 36.4 Å². The van der Waals surface area contributed by atoms with Crippen LogP contribution in [0.1, 0.15) is 0 Å². The molecule has 0 saturated heterocycles. The summed E-state index contributed by atoms with van der Waals surface area (Å²) in [6, 6.07) is 70.5. The smallest absolute Gasteiger partial charge is 0.164 e. The topological polar surface area (TPSA) is 53.5 Å². The van der Waals surface area contributed by atoms with Crippen molar-refractivity contribution < 1.29 is 0 Å². The van der Waals surface area contributed by atoms with E-state index >= 15 is 0 Å². The summed E-state index contributed by atoms with van der Waals surface area (Å²) in [4.78, 5) is 15.5. The van der Waals surface area contributed by atoms with Crippen molar-refractivity contribution in [3.63, 3.8) is 0 Å². The summed E-state index contributed by atoms with van der Waals surface area (Å²) in [7, 11) is 0. The molecule has 0 bridgehead atoms. The summed E-state index contributed by atoms with van der Waals surface area (Å²) < 4.78 is 7.09. The fourth-order valence-electron chi connectivity index (χ4n) is 8.88. The lowest BCUT2D eigenvalue weighted by Gasteiger charge is -2.16. The Kier molecular flexibility index (Phi) is 7.43. The summed E-state index contributed by atoms with van der Waals surface area (Å²) in [5, 5.41) is 5.96. The molecule has 59 heavy (non-hydrogen) atoms. The van der Waals surface area contributed by atoms with Crippen molar-refractivity contribution in [2.45, 2.75) is 0 Å². The number of aromatic nitrogens is 6. The van der Waals surface area contributed by atoms with Gasteiger partial charge >= 0.3 is 0 Å². The average molecular weight is 755 g/mol. The van der Waals surface area contributed by atoms with Crippen LogP contribution < -0.4 is 0 Å². The summed E-state index contributed by atoms with van der Waals surface area (Å²) in [5.41, 5.74) is 11.6. The standard InChI is InChI=1S/C53H34N6/c1-4-16-35(17-5-1)51-54-52(36-18-6-2-7-19-36)56-53(55-51)37-32-39(58-47-25-13-10-22-41(47)42-23-11-14-26-48(42)58)34-40(33-37)59-49-27-15-12-24-43(49)44-28-29-46-45(50(44)59)30-31-57(46)38-20-8-3-9-21-38/h1-34H. The molecule has 8 aromatic carbocycles. The fraction of sp³-hybridized carbons (Fsp3) is 0. The van der Waals surface area contributed by atoms with E-state index in [4.69, 9.17) is 15.0 Å². The lowest BCUT2D eigenvalue weighted by molar-refractivity contribution is 1.07. The van der Waals surface area contributed by atoms with Gasteiger partial charge < -0.3 is 13.7 Å². The van der Waals surface area contributed by atoms with Crippen LogP contribution in [0, 0.1) is 0 Å². The van der Waals surface area contributed by atoms with E-state index in [-0.39, 0.29) is 0 Å². The van der Waals surface area contributed by atoms with E-state index in [1.165, 1.54) is 26.9 Å². The van der Waals surface area contributed by atoms with Gasteiger partial charge in [0.05, 0.1) is 27.6 Å². The highest BCUT2D eigenvalue weighted by Gasteiger charge is 2.21. The van der Waals surface area contributed by atoms with Gasteiger partial charge in [0.25, 0.3) is 0 Å². The molecular weight excluding hydrogens is 721 g/mol. The zero-order chi connectivity index (χ0) is 38.9. The van der Waals surface area contributed by atoms with Gasteiger partial charge in [-0.25, -0.2) is 15.0 Å². The van der Waals surface area contributed by atoms with Crippen LogP contribution in [0.4, 0.5) is 0 Å². The Morgan fingerprint density at radius 3 is 1.32 bits per heavy atom. The normalized spacial score (nSPS) is 11.7. The zero-order valence-corrected chi connectivity index (χ0v) is 31.8. The van der Waals surface area contributed by atoms with E-state index in [9.17, 15) is 0 Å². The molecule has 0 aliphatic rings. The van der Waals surface area contributed by atoms with Gasteiger partial charge in [-0.15, -0.1) is 0 Å². The van der Waals surface area contributed by atoms with Gasteiger partial charge in [-0.1, -0.05) is 140 Å². The van der Waals surface area contributed by atoms with Crippen molar-refractivity contribution in [1.29, 1.82) is 0 Å². The van der Waals surface area contributed by atoms with Gasteiger partial charge in [-0.05, 0) is 60.7 Å². The van der Waals surface area contributed by atoms with Crippen LogP contribution >= 0.6 is 0 Å². The first-order valence-corrected chi connectivity index (χ1v) is 19.9. The molecular formula is C53H34N6. The van der Waals surface area contributed by atoms with Gasteiger partial charge in [0.1, 0.15) is 0 Å². The highest BCUT2D eigenvalue weighted by molar-refractivity contribution is 6.18. The van der Waals surface area contributed by atoms with E-state index < -0.39 is 0 Å². The molecule has 6 heteroatoms. The van der Waals surface area contributed by atoms with Crippen LogP contribution in [-0.4, -0.2) is 28.7 Å². The predicted molar refractivity (Wildman–Crippen MR) is 242 cm³/mol. The molecule has 0 saturated carbocycles. The summed E-state index contributed by atoms with van der Waals surface area (Å²) in [6.07, 6.45) is 2.18. The van der Waals surface area contributed by atoms with Crippen LogP contribution in [0.2, 0.25) is 0 Å². The minimum Gasteiger partial charge on any atom is -0.316 e. The molecule has 276 valence electrons. The van der Waals surface area contributed by atoms with Crippen molar-refractivity contribution in [3.8, 4) is 51.2 Å². The lowest BCUT2D eigenvalue weighted by atomic mass is 10.1. The number of fused-ring (bicyclic) bond motifs is 8. The molecule has 0 atom stereocenters. The summed E-state index contributed by atoms with van der Waals surface area (Å²) >= 11 is 0. The highest BCUT2D eigenvalue weighted by Crippen LogP contribution is 2.40. The summed E-state index contributed by atoms with van der Waals surface area (Å²) in [6.45, 7) is 0. The Bertz CT molecular complexity index is 3430. The molecule has 0 N–H and O–H groups in total. The maximum atomic E-state index is 5.24. The monoisotopic (exact) mass is 754 g/mol. The molecule has 12 rings (SSSR count). The third kappa shape index (κ3) is 5.31. The van der Waals surface area contributed by atoms with Gasteiger partial charge in [-0.2, -0.15) is 0 Å². The third-order valence-corrected chi connectivity index (χ3v) is 11.5. The third-order valence-electron chi connectivity index (χ3n) is 11.5. The Morgan fingerprint density at radius 1 is 0.288 bits per heavy atom. The van der Waals surface area contributed by atoms with Crippen LogP contribution in [0.25, 0.3) is 106 Å². The number of hydrogen-bond donors (Lipinski definition) is 0. The van der Waals surface area contributed by atoms with Crippen LogP contribution in [0.3, 0.4) is 0 Å². The van der Waals surface area contributed by atoms with Crippen molar-refractivity contribution in [1.82, 2.24) is 28.7 Å². The second-order valence-electron chi connectivity index (χ2n) is 14.9. The molecule has 6 nitrogen and oxygen atoms in total. The quantitative estimate of drug-likeness (QED) is 0.170. The highest BCUT2D eigenvalue weighted by atomic mass is 15.1. The van der Waals surface area contributed by atoms with E-state index in [1.54, 1.807) is 0 Å². The molecule has 0 amide bonds. The number of nitrogens with zero attached hydrogens (tertiary/aromatic N) is 6. The number of rotatable bonds is 6. The first-order valence-electron chi connectivity index (χ1n) is 19.9. The number of para-hydroxylation sites is 4. The molecule has 0 unspecified atom stereocenters. The Balaban J connectivity index is 1.20.